The summed E-state index contributed by atoms with van der Waals surface area (Å²) in [5, 5.41) is 12.6. The molecular formula is C44H60N6. The minimum Gasteiger partial charge on any atom is -0.339 e. The van der Waals surface area contributed by atoms with E-state index in [0.717, 1.165) is 63.5 Å². The number of nitrogens with zero attached hydrogens (tertiary/aromatic N) is 4. The Balaban J connectivity index is 0.944. The van der Waals surface area contributed by atoms with Gasteiger partial charge in [0.2, 0.25) is 0 Å². The first-order chi connectivity index (χ1) is 24.8. The Labute approximate surface area is 300 Å². The van der Waals surface area contributed by atoms with Gasteiger partial charge in [-0.2, -0.15) is 0 Å². The van der Waals surface area contributed by atoms with Crippen molar-refractivity contribution in [2.75, 3.05) is 13.1 Å². The van der Waals surface area contributed by atoms with Gasteiger partial charge in [0.1, 0.15) is 0 Å². The summed E-state index contributed by atoms with van der Waals surface area (Å²) < 4.78 is 4.98. The van der Waals surface area contributed by atoms with Crippen LogP contribution in [-0.2, 0) is 26.2 Å². The maximum atomic E-state index is 4.88. The summed E-state index contributed by atoms with van der Waals surface area (Å²) in [4.78, 5) is 9.76. The molecule has 0 fully saturated rings. The van der Waals surface area contributed by atoms with Crippen molar-refractivity contribution in [1.82, 2.24) is 29.7 Å². The van der Waals surface area contributed by atoms with Crippen molar-refractivity contribution >= 4 is 43.6 Å². The molecule has 6 heteroatoms. The highest BCUT2D eigenvalue weighted by Gasteiger charge is 2.13. The number of hydrogen-bond acceptors (Lipinski definition) is 4. The molecule has 2 N–H and O–H groups in total. The molecule has 0 radical (unpaired) electrons. The third-order valence-electron chi connectivity index (χ3n) is 10.5. The molecule has 0 aliphatic heterocycles. The van der Waals surface area contributed by atoms with E-state index in [-0.39, 0.29) is 0 Å². The summed E-state index contributed by atoms with van der Waals surface area (Å²) in [6.45, 7) is 10.3. The molecule has 6 aromatic rings. The molecule has 4 aromatic heterocycles. The van der Waals surface area contributed by atoms with Crippen LogP contribution in [0.15, 0.2) is 73.1 Å². The minimum atomic E-state index is 0.802. The number of unbranched alkanes of at least 4 members (excludes halogenated alkanes) is 11. The van der Waals surface area contributed by atoms with Crippen LogP contribution in [0, 0.1) is 0 Å². The SMILES string of the molecule is CCCCCCCCn1c2ccccc2c2cc(CNCCCCNCc3cc4c5ccccc5n(CCCCCCCC)c4cn3)ncc21. The normalized spacial score (nSPS) is 12.0. The lowest BCUT2D eigenvalue weighted by atomic mass is 10.1. The highest BCUT2D eigenvalue weighted by atomic mass is 15.0. The maximum absolute atomic E-state index is 4.88. The zero-order valence-electron chi connectivity index (χ0n) is 30.9. The largest absolute Gasteiger partial charge is 0.339 e. The molecule has 0 spiro atoms. The van der Waals surface area contributed by atoms with Crippen molar-refractivity contribution in [2.45, 2.75) is 130 Å². The molecule has 2 aromatic carbocycles. The number of hydrogen-bond donors (Lipinski definition) is 2. The Morgan fingerprint density at radius 2 is 0.880 bits per heavy atom. The van der Waals surface area contributed by atoms with Crippen LogP contribution in [-0.4, -0.2) is 32.2 Å². The fourth-order valence-electron chi connectivity index (χ4n) is 7.69. The van der Waals surface area contributed by atoms with Crippen LogP contribution in [0.25, 0.3) is 43.6 Å². The number of benzene rings is 2. The molecule has 50 heavy (non-hydrogen) atoms. The Kier molecular flexibility index (Phi) is 13.7. The van der Waals surface area contributed by atoms with Gasteiger partial charge in [0, 0.05) is 58.8 Å². The average molecular weight is 673 g/mol. The molecule has 0 aliphatic rings. The van der Waals surface area contributed by atoms with Crippen molar-refractivity contribution in [3.63, 3.8) is 0 Å². The molecule has 0 bridgehead atoms. The molecule has 266 valence electrons. The Hall–Kier alpha value is -3.74. The fraction of sp³-hybridized carbons (Fsp3) is 0.500. The van der Waals surface area contributed by atoms with Crippen molar-refractivity contribution in [2.24, 2.45) is 0 Å². The summed E-state index contributed by atoms with van der Waals surface area (Å²) in [6.07, 6.45) is 22.2. The topological polar surface area (TPSA) is 59.7 Å². The van der Waals surface area contributed by atoms with Crippen LogP contribution in [0.1, 0.15) is 115 Å². The highest BCUT2D eigenvalue weighted by molar-refractivity contribution is 6.08. The number of rotatable bonds is 23. The van der Waals surface area contributed by atoms with Gasteiger partial charge >= 0.3 is 0 Å². The summed E-state index contributed by atoms with van der Waals surface area (Å²) in [7, 11) is 0. The average Bonchev–Trinajstić information content (AvgIpc) is 3.63. The van der Waals surface area contributed by atoms with E-state index in [0.29, 0.717) is 0 Å². The van der Waals surface area contributed by atoms with Gasteiger partial charge in [-0.25, -0.2) is 0 Å². The zero-order valence-corrected chi connectivity index (χ0v) is 30.9. The van der Waals surface area contributed by atoms with Crippen molar-refractivity contribution < 1.29 is 0 Å². The number of nitrogens with one attached hydrogen (secondary N) is 2. The third kappa shape index (κ3) is 9.13. The number of para-hydroxylation sites is 2. The predicted molar refractivity (Wildman–Crippen MR) is 214 cm³/mol. The first-order valence-electron chi connectivity index (χ1n) is 19.9. The molecule has 0 aliphatic carbocycles. The van der Waals surface area contributed by atoms with Gasteiger partial charge in [0.25, 0.3) is 0 Å². The second-order valence-corrected chi connectivity index (χ2v) is 14.3. The quantitative estimate of drug-likeness (QED) is 0.0665. The molecular weight excluding hydrogens is 613 g/mol. The van der Waals surface area contributed by atoms with Crippen LogP contribution in [0.5, 0.6) is 0 Å². The van der Waals surface area contributed by atoms with E-state index < -0.39 is 0 Å². The fourth-order valence-corrected chi connectivity index (χ4v) is 7.69. The first kappa shape index (κ1) is 36.1. The van der Waals surface area contributed by atoms with E-state index >= 15 is 0 Å². The van der Waals surface area contributed by atoms with Gasteiger partial charge in [0.15, 0.2) is 0 Å². The minimum absolute atomic E-state index is 0.802. The third-order valence-corrected chi connectivity index (χ3v) is 10.5. The van der Waals surface area contributed by atoms with Crippen molar-refractivity contribution in [3.05, 3.63) is 84.4 Å². The van der Waals surface area contributed by atoms with Gasteiger partial charge in [-0.1, -0.05) is 114 Å². The molecule has 0 saturated carbocycles. The molecule has 0 amide bonds. The van der Waals surface area contributed by atoms with Crippen LogP contribution in [0.4, 0.5) is 0 Å². The zero-order chi connectivity index (χ0) is 34.4. The lowest BCUT2D eigenvalue weighted by Crippen LogP contribution is -2.19. The highest BCUT2D eigenvalue weighted by Crippen LogP contribution is 2.31. The molecule has 0 atom stereocenters. The van der Waals surface area contributed by atoms with Crippen LogP contribution in [0.3, 0.4) is 0 Å². The summed E-state index contributed by atoms with van der Waals surface area (Å²) >= 11 is 0. The van der Waals surface area contributed by atoms with Gasteiger partial charge in [-0.05, 0) is 63.0 Å². The van der Waals surface area contributed by atoms with Gasteiger partial charge in [0.05, 0.1) is 34.8 Å². The van der Waals surface area contributed by atoms with Crippen LogP contribution < -0.4 is 10.6 Å². The molecule has 4 heterocycles. The number of aryl methyl sites for hydroxylation is 2. The van der Waals surface area contributed by atoms with E-state index in [1.54, 1.807) is 0 Å². The molecule has 0 unspecified atom stereocenters. The Morgan fingerprint density at radius 1 is 0.460 bits per heavy atom. The smallest absolute Gasteiger partial charge is 0.0678 e. The van der Waals surface area contributed by atoms with Crippen molar-refractivity contribution in [1.29, 1.82) is 0 Å². The summed E-state index contributed by atoms with van der Waals surface area (Å²) in [5.74, 6) is 0. The van der Waals surface area contributed by atoms with E-state index in [1.165, 1.54) is 121 Å². The maximum Gasteiger partial charge on any atom is 0.0678 e. The van der Waals surface area contributed by atoms with E-state index in [4.69, 9.17) is 9.97 Å². The Morgan fingerprint density at radius 3 is 1.34 bits per heavy atom. The van der Waals surface area contributed by atoms with Gasteiger partial charge in [-0.3, -0.25) is 9.97 Å². The van der Waals surface area contributed by atoms with Crippen LogP contribution >= 0.6 is 0 Å². The lowest BCUT2D eigenvalue weighted by molar-refractivity contribution is 0.570. The second-order valence-electron chi connectivity index (χ2n) is 14.3. The standard InChI is InChI=1S/C44H60N6/c1-3-5-7-9-11-19-27-49-41-23-15-13-21-37(41)39-29-35(47-33-43(39)49)31-45-25-17-18-26-46-32-36-30-40-38-22-14-16-24-42(38)50(44(40)34-48-36)28-20-12-10-8-6-4-2/h13-16,21-24,29-30,33-34,45-46H,3-12,17-20,25-28,31-32H2,1-2H3. The van der Waals surface area contributed by atoms with Crippen LogP contribution in [0.2, 0.25) is 0 Å². The van der Waals surface area contributed by atoms with E-state index in [1.807, 2.05) is 0 Å². The predicted octanol–water partition coefficient (Wildman–Crippen LogP) is 11.1. The van der Waals surface area contributed by atoms with E-state index in [9.17, 15) is 0 Å². The lowest BCUT2D eigenvalue weighted by Gasteiger charge is -2.09. The number of fused-ring (bicyclic) bond motifs is 6. The molecule has 6 nitrogen and oxygen atoms in total. The monoisotopic (exact) mass is 672 g/mol. The van der Waals surface area contributed by atoms with Gasteiger partial charge in [-0.15, -0.1) is 0 Å². The second kappa shape index (κ2) is 19.0. The molecule has 6 rings (SSSR count). The van der Waals surface area contributed by atoms with Crippen molar-refractivity contribution in [3.8, 4) is 0 Å². The number of aromatic nitrogens is 4. The van der Waals surface area contributed by atoms with Gasteiger partial charge < -0.3 is 19.8 Å². The summed E-state index contributed by atoms with van der Waals surface area (Å²) in [5.41, 5.74) is 7.44. The molecule has 0 saturated heterocycles. The summed E-state index contributed by atoms with van der Waals surface area (Å²) in [6, 6.07) is 22.3. The van der Waals surface area contributed by atoms with E-state index in [2.05, 4.69) is 107 Å². The number of pyridine rings is 2. The Bertz CT molecular complexity index is 1780. The first-order valence-corrected chi connectivity index (χ1v) is 19.9.